The maximum Gasteiger partial charge on any atom is 0.255 e. The zero-order valence-electron chi connectivity index (χ0n) is 26.1. The van der Waals surface area contributed by atoms with E-state index < -0.39 is 6.04 Å². The highest BCUT2D eigenvalue weighted by Gasteiger charge is 2.35. The zero-order valence-corrected chi connectivity index (χ0v) is 26.1. The Morgan fingerprint density at radius 3 is 2.80 bits per heavy atom. The van der Waals surface area contributed by atoms with E-state index in [1.54, 1.807) is 29.3 Å². The summed E-state index contributed by atoms with van der Waals surface area (Å²) in [4.78, 5) is 48.5. The molecule has 0 spiro atoms. The number of aryl methyl sites for hydroxylation is 2. The van der Waals surface area contributed by atoms with Crippen LogP contribution in [0.4, 0.5) is 0 Å². The molecule has 3 amide bonds. The van der Waals surface area contributed by atoms with Crippen LogP contribution in [0.2, 0.25) is 0 Å². The molecule has 1 fully saturated rings. The van der Waals surface area contributed by atoms with Gasteiger partial charge >= 0.3 is 0 Å². The van der Waals surface area contributed by atoms with E-state index in [2.05, 4.69) is 10.3 Å². The number of hydrogen-bond donors (Lipinski definition) is 1. The molecule has 236 valence electrons. The molecule has 6 rings (SSSR count). The summed E-state index contributed by atoms with van der Waals surface area (Å²) < 4.78 is 18.5. The molecule has 2 atom stereocenters. The lowest BCUT2D eigenvalue weighted by Gasteiger charge is -2.39. The van der Waals surface area contributed by atoms with E-state index in [0.717, 1.165) is 36.1 Å². The third kappa shape index (κ3) is 7.12. The van der Waals surface area contributed by atoms with Crippen LogP contribution in [0.15, 0.2) is 54.7 Å². The highest BCUT2D eigenvalue weighted by atomic mass is 16.5. The summed E-state index contributed by atoms with van der Waals surface area (Å²) in [5.74, 6) is 0.816. The molecule has 1 aliphatic carbocycles. The van der Waals surface area contributed by atoms with E-state index in [1.165, 1.54) is 4.90 Å². The first kappa shape index (κ1) is 30.6. The van der Waals surface area contributed by atoms with E-state index in [9.17, 15) is 14.4 Å². The van der Waals surface area contributed by atoms with Gasteiger partial charge in [0.25, 0.3) is 11.8 Å². The number of piperidine rings is 1. The van der Waals surface area contributed by atoms with Crippen LogP contribution in [-0.4, -0.2) is 76.9 Å². The molecule has 3 aromatic rings. The van der Waals surface area contributed by atoms with Gasteiger partial charge in [-0.3, -0.25) is 19.4 Å². The molecule has 1 aromatic heterocycles. The maximum atomic E-state index is 13.7. The van der Waals surface area contributed by atoms with Crippen LogP contribution >= 0.6 is 0 Å². The Bertz CT molecular complexity index is 1590. The monoisotopic (exact) mass is 612 g/mol. The van der Waals surface area contributed by atoms with Crippen LogP contribution in [0, 0.1) is 0 Å². The number of likely N-dealkylation sites (N-methyl/N-ethyl adjacent to an activating group) is 1. The minimum atomic E-state index is -0.465. The Hall–Kier alpha value is -4.44. The SMILES string of the molecule is CCN1CC(=O)N[C@H]2CN(C(=O)c3cnc4c(c3)CCC4)CC[C@@H]2OCc2cccc(c2)Oc2cc(OC(C)C)cc(c2)C1=O. The minimum absolute atomic E-state index is 0.105. The van der Waals surface area contributed by atoms with Crippen molar-refractivity contribution in [2.45, 2.75) is 71.3 Å². The van der Waals surface area contributed by atoms with Gasteiger partial charge in [0.05, 0.1) is 37.0 Å². The lowest BCUT2D eigenvalue weighted by Crippen LogP contribution is -2.58. The molecule has 3 heterocycles. The smallest absolute Gasteiger partial charge is 0.255 e. The summed E-state index contributed by atoms with van der Waals surface area (Å²) in [5, 5.41) is 3.10. The number of benzene rings is 2. The lowest BCUT2D eigenvalue weighted by atomic mass is 10.00. The molecule has 45 heavy (non-hydrogen) atoms. The van der Waals surface area contributed by atoms with Crippen molar-refractivity contribution in [3.63, 3.8) is 0 Å². The van der Waals surface area contributed by atoms with Gasteiger partial charge in [0.15, 0.2) is 0 Å². The number of carbonyl (C=O) groups excluding carboxylic acids is 3. The van der Waals surface area contributed by atoms with Crippen LogP contribution in [0.5, 0.6) is 17.2 Å². The van der Waals surface area contributed by atoms with E-state index in [0.29, 0.717) is 54.5 Å². The molecule has 1 N–H and O–H groups in total. The molecule has 0 radical (unpaired) electrons. The highest BCUT2D eigenvalue weighted by molar-refractivity contribution is 5.97. The largest absolute Gasteiger partial charge is 0.491 e. The van der Waals surface area contributed by atoms with Crippen molar-refractivity contribution in [2.24, 2.45) is 0 Å². The van der Waals surface area contributed by atoms with Crippen molar-refractivity contribution >= 4 is 17.7 Å². The summed E-state index contributed by atoms with van der Waals surface area (Å²) in [6.45, 7) is 6.91. The molecule has 10 heteroatoms. The minimum Gasteiger partial charge on any atom is -0.491 e. The Morgan fingerprint density at radius 2 is 1.98 bits per heavy atom. The number of rotatable bonds is 4. The Morgan fingerprint density at radius 1 is 1.11 bits per heavy atom. The fourth-order valence-corrected chi connectivity index (χ4v) is 6.25. The predicted octanol–water partition coefficient (Wildman–Crippen LogP) is 4.54. The van der Waals surface area contributed by atoms with E-state index in [-0.39, 0.29) is 43.0 Å². The summed E-state index contributed by atoms with van der Waals surface area (Å²) in [7, 11) is 0. The summed E-state index contributed by atoms with van der Waals surface area (Å²) in [6.07, 6.45) is 4.72. The maximum absolute atomic E-state index is 13.7. The van der Waals surface area contributed by atoms with Gasteiger partial charge in [0, 0.05) is 43.2 Å². The van der Waals surface area contributed by atoms with Crippen molar-refractivity contribution in [3.05, 3.63) is 82.7 Å². The quantitative estimate of drug-likeness (QED) is 0.461. The van der Waals surface area contributed by atoms with Crippen molar-refractivity contribution in [1.29, 1.82) is 0 Å². The summed E-state index contributed by atoms with van der Waals surface area (Å²) in [6, 6.07) is 14.2. The van der Waals surface area contributed by atoms with Crippen LogP contribution in [0.25, 0.3) is 0 Å². The number of aromatic nitrogens is 1. The van der Waals surface area contributed by atoms with Crippen LogP contribution in [-0.2, 0) is 29.0 Å². The third-order valence-electron chi connectivity index (χ3n) is 8.45. The number of likely N-dealkylation sites (tertiary alicyclic amines) is 1. The second-order valence-electron chi connectivity index (χ2n) is 12.2. The number of pyridine rings is 1. The molecule has 2 aromatic carbocycles. The standard InChI is InChI=1S/C35H40N4O6/c1-4-38-20-33(40)37-31-19-39(35(42)26-14-24-8-6-10-30(24)36-18-26)12-11-32(31)43-21-23-7-5-9-27(13-23)45-29-16-25(34(38)41)15-28(17-29)44-22(2)3/h5,7,9,13-18,22,31-32H,4,6,8,10-12,19-21H2,1-3H3,(H,37,40)/t31-,32-/m0/s1. The number of amides is 3. The topological polar surface area (TPSA) is 110 Å². The van der Waals surface area contributed by atoms with Crippen molar-refractivity contribution in [3.8, 4) is 17.2 Å². The molecule has 0 saturated carbocycles. The number of nitrogens with zero attached hydrogens (tertiary/aromatic N) is 3. The van der Waals surface area contributed by atoms with Gasteiger partial charge in [-0.05, 0) is 87.9 Å². The summed E-state index contributed by atoms with van der Waals surface area (Å²) >= 11 is 0. The van der Waals surface area contributed by atoms with Crippen LogP contribution in [0.1, 0.15) is 71.1 Å². The number of fused-ring (bicyclic) bond motifs is 6. The second kappa shape index (κ2) is 13.3. The van der Waals surface area contributed by atoms with E-state index in [1.807, 2.05) is 51.1 Å². The van der Waals surface area contributed by atoms with E-state index in [4.69, 9.17) is 14.2 Å². The first-order chi connectivity index (χ1) is 21.7. The van der Waals surface area contributed by atoms with Crippen molar-refractivity contribution in [1.82, 2.24) is 20.1 Å². The number of hydrogen-bond acceptors (Lipinski definition) is 7. The Kier molecular flexibility index (Phi) is 9.02. The highest BCUT2D eigenvalue weighted by Crippen LogP contribution is 2.30. The van der Waals surface area contributed by atoms with Crippen LogP contribution < -0.4 is 14.8 Å². The molecular weight excluding hydrogens is 572 g/mol. The average Bonchev–Trinajstić information content (AvgIpc) is 3.50. The fraction of sp³-hybridized carbons (Fsp3) is 0.429. The lowest BCUT2D eigenvalue weighted by molar-refractivity contribution is -0.124. The zero-order chi connectivity index (χ0) is 31.5. The van der Waals surface area contributed by atoms with Crippen LogP contribution in [0.3, 0.4) is 0 Å². The number of carbonyl (C=O) groups is 3. The van der Waals surface area contributed by atoms with Crippen molar-refractivity contribution in [2.75, 3.05) is 26.2 Å². The van der Waals surface area contributed by atoms with Gasteiger partial charge in [-0.1, -0.05) is 12.1 Å². The number of nitrogens with one attached hydrogen (secondary N) is 1. The first-order valence-corrected chi connectivity index (χ1v) is 15.8. The van der Waals surface area contributed by atoms with Gasteiger partial charge in [0.2, 0.25) is 5.91 Å². The molecule has 2 aliphatic heterocycles. The van der Waals surface area contributed by atoms with Gasteiger partial charge in [0.1, 0.15) is 17.2 Å². The molecule has 1 saturated heterocycles. The first-order valence-electron chi connectivity index (χ1n) is 15.8. The molecule has 0 unspecified atom stereocenters. The fourth-order valence-electron chi connectivity index (χ4n) is 6.25. The predicted molar refractivity (Wildman–Crippen MR) is 168 cm³/mol. The number of ether oxygens (including phenoxy) is 3. The molecule has 4 bridgehead atoms. The van der Waals surface area contributed by atoms with Crippen molar-refractivity contribution < 1.29 is 28.6 Å². The van der Waals surface area contributed by atoms with E-state index >= 15 is 0 Å². The van der Waals surface area contributed by atoms with Gasteiger partial charge in [-0.15, -0.1) is 0 Å². The molecular formula is C35H40N4O6. The van der Waals surface area contributed by atoms with Gasteiger partial charge < -0.3 is 29.3 Å². The van der Waals surface area contributed by atoms with Gasteiger partial charge in [-0.25, -0.2) is 0 Å². The normalized spacial score (nSPS) is 20.3. The average molecular weight is 613 g/mol. The third-order valence-corrected chi connectivity index (χ3v) is 8.45. The second-order valence-corrected chi connectivity index (χ2v) is 12.2. The molecule has 3 aliphatic rings. The summed E-state index contributed by atoms with van der Waals surface area (Å²) in [5.41, 5.74) is 4.04. The Labute approximate surface area is 263 Å². The Balaban J connectivity index is 1.27. The molecule has 10 nitrogen and oxygen atoms in total. The van der Waals surface area contributed by atoms with Gasteiger partial charge in [-0.2, -0.15) is 0 Å².